The second-order valence-electron chi connectivity index (χ2n) is 2.98. The summed E-state index contributed by atoms with van der Waals surface area (Å²) < 4.78 is 0. The molecule has 1 heterocycles. The fraction of sp³-hybridized carbons (Fsp3) is 0.875. The van der Waals surface area contributed by atoms with E-state index in [9.17, 15) is 4.79 Å². The zero-order valence-electron chi connectivity index (χ0n) is 8.08. The molecule has 0 aliphatic carbocycles. The van der Waals surface area contributed by atoms with Crippen LogP contribution >= 0.6 is 21.6 Å². The quantitative estimate of drug-likeness (QED) is 0.698. The predicted octanol–water partition coefficient (Wildman–Crippen LogP) is 0.818. The average Bonchev–Trinajstić information content (AvgIpc) is 2.43. The molecule has 3 nitrogen and oxygen atoms in total. The van der Waals surface area contributed by atoms with E-state index in [1.54, 1.807) is 0 Å². The van der Waals surface area contributed by atoms with Crippen molar-refractivity contribution < 1.29 is 4.79 Å². The van der Waals surface area contributed by atoms with E-state index in [1.165, 1.54) is 0 Å². The number of nitrogens with zero attached hydrogens (tertiary/aromatic N) is 1. The second kappa shape index (κ2) is 5.78. The molecule has 0 saturated carbocycles. The third kappa shape index (κ3) is 3.40. The highest BCUT2D eigenvalue weighted by Crippen LogP contribution is 2.23. The molecule has 1 N–H and O–H groups in total. The molecule has 0 aromatic carbocycles. The normalized spacial score (nSPS) is 20.9. The van der Waals surface area contributed by atoms with Crippen LogP contribution in [0.25, 0.3) is 0 Å². The van der Waals surface area contributed by atoms with Crippen molar-refractivity contribution >= 4 is 27.5 Å². The van der Waals surface area contributed by atoms with Gasteiger partial charge in [-0.15, -0.1) is 0 Å². The van der Waals surface area contributed by atoms with Crippen LogP contribution < -0.4 is 5.32 Å². The van der Waals surface area contributed by atoms with Gasteiger partial charge in [0.1, 0.15) is 0 Å². The number of hydrogen-bond donors (Lipinski definition) is 1. The van der Waals surface area contributed by atoms with Crippen LogP contribution in [-0.2, 0) is 4.79 Å². The Labute approximate surface area is 87.4 Å². The summed E-state index contributed by atoms with van der Waals surface area (Å²) in [6.45, 7) is 3.69. The maximum atomic E-state index is 11.7. The minimum Gasteiger partial charge on any atom is -0.340 e. The summed E-state index contributed by atoms with van der Waals surface area (Å²) in [5.41, 5.74) is 0. The van der Waals surface area contributed by atoms with Crippen LogP contribution in [0.15, 0.2) is 0 Å². The molecule has 0 radical (unpaired) electrons. The monoisotopic (exact) mass is 220 g/mol. The first-order chi connectivity index (χ1) is 6.25. The van der Waals surface area contributed by atoms with Gasteiger partial charge in [-0.2, -0.15) is 0 Å². The lowest BCUT2D eigenvalue weighted by Crippen LogP contribution is -2.44. The van der Waals surface area contributed by atoms with Crippen molar-refractivity contribution in [3.63, 3.8) is 0 Å². The maximum Gasteiger partial charge on any atom is 0.239 e. The molecule has 1 amide bonds. The molecule has 1 rings (SSSR count). The first-order valence-electron chi connectivity index (χ1n) is 4.46. The Kier molecular flexibility index (Phi) is 4.98. The van der Waals surface area contributed by atoms with Crippen LogP contribution in [0.2, 0.25) is 0 Å². The van der Waals surface area contributed by atoms with E-state index >= 15 is 0 Å². The third-order valence-electron chi connectivity index (χ3n) is 2.09. The van der Waals surface area contributed by atoms with Crippen molar-refractivity contribution in [3.8, 4) is 0 Å². The number of carbonyl (C=O) groups is 1. The molecule has 13 heavy (non-hydrogen) atoms. The summed E-state index contributed by atoms with van der Waals surface area (Å²) in [6.07, 6.45) is 0. The lowest BCUT2D eigenvalue weighted by molar-refractivity contribution is -0.132. The van der Waals surface area contributed by atoms with E-state index in [2.05, 4.69) is 5.32 Å². The molecule has 0 spiro atoms. The number of amides is 1. The van der Waals surface area contributed by atoms with Crippen LogP contribution in [-0.4, -0.2) is 48.5 Å². The lowest BCUT2D eigenvalue weighted by atomic mass is 10.3. The summed E-state index contributed by atoms with van der Waals surface area (Å²) in [5.74, 6) is 2.32. The fourth-order valence-corrected chi connectivity index (χ4v) is 3.12. The van der Waals surface area contributed by atoms with Crippen molar-refractivity contribution in [1.29, 1.82) is 0 Å². The molecule has 1 aliphatic rings. The van der Waals surface area contributed by atoms with Gasteiger partial charge in [0.2, 0.25) is 5.91 Å². The Hall–Kier alpha value is 0.130. The summed E-state index contributed by atoms with van der Waals surface area (Å²) in [4.78, 5) is 13.7. The predicted molar refractivity (Wildman–Crippen MR) is 60.0 cm³/mol. The van der Waals surface area contributed by atoms with E-state index in [1.807, 2.05) is 40.5 Å². The van der Waals surface area contributed by atoms with Crippen molar-refractivity contribution in [2.75, 3.05) is 31.6 Å². The number of nitrogens with one attached hydrogen (secondary N) is 1. The highest BCUT2D eigenvalue weighted by molar-refractivity contribution is 8.76. The molecule has 0 aromatic heterocycles. The van der Waals surface area contributed by atoms with E-state index in [-0.39, 0.29) is 11.9 Å². The average molecular weight is 220 g/mol. The van der Waals surface area contributed by atoms with Gasteiger partial charge in [-0.05, 0) is 14.0 Å². The molecule has 1 saturated heterocycles. The minimum absolute atomic E-state index is 0.0481. The molecule has 0 aromatic rings. The third-order valence-corrected chi connectivity index (χ3v) is 4.45. The van der Waals surface area contributed by atoms with E-state index in [0.29, 0.717) is 0 Å². The molecular formula is C8H16N2OS2. The van der Waals surface area contributed by atoms with Crippen LogP contribution in [0, 0.1) is 0 Å². The molecule has 0 bridgehead atoms. The first-order valence-corrected chi connectivity index (χ1v) is 6.95. The Bertz CT molecular complexity index is 170. The van der Waals surface area contributed by atoms with Gasteiger partial charge >= 0.3 is 0 Å². The van der Waals surface area contributed by atoms with Crippen LogP contribution in [0.4, 0.5) is 0 Å². The molecule has 1 unspecified atom stereocenters. The van der Waals surface area contributed by atoms with Crippen LogP contribution in [0.5, 0.6) is 0 Å². The topological polar surface area (TPSA) is 32.3 Å². The molecule has 1 aliphatic heterocycles. The number of rotatable bonds is 2. The molecule has 5 heteroatoms. The Balaban J connectivity index is 2.43. The number of likely N-dealkylation sites (N-methyl/N-ethyl adjacent to an activating group) is 1. The largest absolute Gasteiger partial charge is 0.340 e. The molecule has 1 fully saturated rings. The Morgan fingerprint density at radius 2 is 1.92 bits per heavy atom. The van der Waals surface area contributed by atoms with Gasteiger partial charge in [-0.25, -0.2) is 0 Å². The fourth-order valence-electron chi connectivity index (χ4n) is 1.14. The highest BCUT2D eigenvalue weighted by atomic mass is 33.1. The zero-order valence-corrected chi connectivity index (χ0v) is 9.71. The summed E-state index contributed by atoms with van der Waals surface area (Å²) in [5, 5.41) is 2.98. The second-order valence-corrected chi connectivity index (χ2v) is 5.68. The summed E-state index contributed by atoms with van der Waals surface area (Å²) in [7, 11) is 5.54. The first kappa shape index (κ1) is 11.2. The van der Waals surface area contributed by atoms with Gasteiger partial charge in [0.15, 0.2) is 0 Å². The van der Waals surface area contributed by atoms with E-state index in [4.69, 9.17) is 0 Å². The van der Waals surface area contributed by atoms with Crippen molar-refractivity contribution in [2.45, 2.75) is 13.0 Å². The van der Waals surface area contributed by atoms with Gasteiger partial charge in [0.05, 0.1) is 6.04 Å². The van der Waals surface area contributed by atoms with E-state index < -0.39 is 0 Å². The van der Waals surface area contributed by atoms with Gasteiger partial charge < -0.3 is 10.2 Å². The minimum atomic E-state index is -0.0481. The van der Waals surface area contributed by atoms with Crippen molar-refractivity contribution in [2.24, 2.45) is 0 Å². The number of hydrogen-bond acceptors (Lipinski definition) is 4. The Morgan fingerprint density at radius 1 is 1.38 bits per heavy atom. The zero-order chi connectivity index (χ0) is 9.68. The van der Waals surface area contributed by atoms with Crippen molar-refractivity contribution in [1.82, 2.24) is 10.2 Å². The maximum absolute atomic E-state index is 11.7. The standard InChI is InChI=1S/C8H16N2OS2/c1-7(9-2)8(11)10-3-5-12-13-6-4-10/h7,9H,3-6H2,1-2H3. The molecule has 76 valence electrons. The van der Waals surface area contributed by atoms with E-state index in [0.717, 1.165) is 24.6 Å². The molecule has 1 atom stereocenters. The molecular weight excluding hydrogens is 204 g/mol. The van der Waals surface area contributed by atoms with Gasteiger partial charge in [-0.3, -0.25) is 4.79 Å². The summed E-state index contributed by atoms with van der Waals surface area (Å²) >= 11 is 0. The summed E-state index contributed by atoms with van der Waals surface area (Å²) in [6, 6.07) is -0.0481. The van der Waals surface area contributed by atoms with Crippen molar-refractivity contribution in [3.05, 3.63) is 0 Å². The van der Waals surface area contributed by atoms with Crippen LogP contribution in [0.3, 0.4) is 0 Å². The SMILES string of the molecule is CNC(C)C(=O)N1CCSSCC1. The Morgan fingerprint density at radius 3 is 2.38 bits per heavy atom. The van der Waals surface area contributed by atoms with Gasteiger partial charge in [-0.1, -0.05) is 21.6 Å². The van der Waals surface area contributed by atoms with Crippen LogP contribution in [0.1, 0.15) is 6.92 Å². The highest BCUT2D eigenvalue weighted by Gasteiger charge is 2.19. The lowest BCUT2D eigenvalue weighted by Gasteiger charge is -2.23. The van der Waals surface area contributed by atoms with Gasteiger partial charge in [0.25, 0.3) is 0 Å². The van der Waals surface area contributed by atoms with Gasteiger partial charge in [0, 0.05) is 24.6 Å². The number of carbonyl (C=O) groups excluding carboxylic acids is 1. The smallest absolute Gasteiger partial charge is 0.239 e.